The second-order valence-corrected chi connectivity index (χ2v) is 7.62. The van der Waals surface area contributed by atoms with Gasteiger partial charge in [0.15, 0.2) is 0 Å². The van der Waals surface area contributed by atoms with Gasteiger partial charge in [-0.15, -0.1) is 11.3 Å². The summed E-state index contributed by atoms with van der Waals surface area (Å²) in [5.41, 5.74) is 2.09. The lowest BCUT2D eigenvalue weighted by molar-refractivity contribution is 0.682. The zero-order chi connectivity index (χ0) is 16.4. The minimum absolute atomic E-state index is 0.102. The van der Waals surface area contributed by atoms with E-state index in [1.165, 1.54) is 5.56 Å². The van der Waals surface area contributed by atoms with Crippen LogP contribution in [0.15, 0.2) is 63.2 Å². The van der Waals surface area contributed by atoms with E-state index >= 15 is 0 Å². The lowest BCUT2D eigenvalue weighted by atomic mass is 10.1. The van der Waals surface area contributed by atoms with Gasteiger partial charge in [0.05, 0.1) is 5.69 Å². The van der Waals surface area contributed by atoms with Gasteiger partial charge in [-0.2, -0.15) is 0 Å². The highest BCUT2D eigenvalue weighted by Gasteiger charge is 2.16. The molecule has 3 aromatic rings. The predicted molar refractivity (Wildman–Crippen MR) is 104 cm³/mol. The first kappa shape index (κ1) is 16.2. The van der Waals surface area contributed by atoms with E-state index in [2.05, 4.69) is 46.8 Å². The Kier molecular flexibility index (Phi) is 4.83. The molecule has 0 aliphatic carbocycles. The molecule has 0 aliphatic rings. The summed E-state index contributed by atoms with van der Waals surface area (Å²) in [6.45, 7) is 4.98. The highest BCUT2D eigenvalue weighted by atomic mass is 79.9. The van der Waals surface area contributed by atoms with Crippen LogP contribution in [0.4, 0.5) is 5.69 Å². The second kappa shape index (κ2) is 6.85. The van der Waals surface area contributed by atoms with Gasteiger partial charge in [-0.1, -0.05) is 46.3 Å². The number of benzene rings is 2. The normalized spacial score (nSPS) is 11.1. The first-order chi connectivity index (χ1) is 11.1. The van der Waals surface area contributed by atoms with Gasteiger partial charge in [0, 0.05) is 32.5 Å². The highest BCUT2D eigenvalue weighted by Crippen LogP contribution is 2.26. The van der Waals surface area contributed by atoms with E-state index in [9.17, 15) is 4.79 Å². The Hall–Kier alpha value is -1.65. The molecule has 0 fully saturated rings. The van der Waals surface area contributed by atoms with Crippen molar-refractivity contribution >= 4 is 43.0 Å². The van der Waals surface area contributed by atoms with E-state index in [0.29, 0.717) is 0 Å². The molecule has 118 valence electrons. The summed E-state index contributed by atoms with van der Waals surface area (Å²) in [5.74, 6) is 0. The summed E-state index contributed by atoms with van der Waals surface area (Å²) in [4.78, 5) is 15.1. The van der Waals surface area contributed by atoms with Gasteiger partial charge < -0.3 is 4.90 Å². The maximum absolute atomic E-state index is 13.0. The molecule has 0 saturated heterocycles. The number of fused-ring (bicyclic) bond motifs is 1. The van der Waals surface area contributed by atoms with Crippen LogP contribution in [0.1, 0.15) is 19.4 Å². The first-order valence-corrected chi connectivity index (χ1v) is 9.25. The fourth-order valence-corrected chi connectivity index (χ4v) is 3.88. The molecule has 0 saturated carbocycles. The molecule has 0 radical (unpaired) electrons. The fourth-order valence-electron chi connectivity index (χ4n) is 2.62. The zero-order valence-corrected chi connectivity index (χ0v) is 15.5. The minimum atomic E-state index is 0.102. The summed E-state index contributed by atoms with van der Waals surface area (Å²) in [7, 11) is 0. The quantitative estimate of drug-likeness (QED) is 0.593. The molecule has 1 aromatic heterocycles. The topological polar surface area (TPSA) is 20.3 Å². The number of rotatable bonds is 4. The van der Waals surface area contributed by atoms with Crippen LogP contribution in [-0.4, -0.2) is 6.04 Å². The van der Waals surface area contributed by atoms with Crippen LogP contribution >= 0.6 is 27.3 Å². The Bertz CT molecular complexity index is 873. The second-order valence-electron chi connectivity index (χ2n) is 5.80. The summed E-state index contributed by atoms with van der Waals surface area (Å²) in [5, 5.41) is 2.77. The van der Waals surface area contributed by atoms with Crippen molar-refractivity contribution in [2.45, 2.75) is 26.4 Å². The van der Waals surface area contributed by atoms with Crippen molar-refractivity contribution in [1.82, 2.24) is 0 Å². The number of anilines is 1. The third-order valence-corrected chi connectivity index (χ3v) is 5.29. The lowest BCUT2D eigenvalue weighted by Gasteiger charge is -2.28. The van der Waals surface area contributed by atoms with Gasteiger partial charge in [-0.25, -0.2) is 0 Å². The zero-order valence-electron chi connectivity index (χ0n) is 13.1. The van der Waals surface area contributed by atoms with Crippen LogP contribution in [0.25, 0.3) is 10.1 Å². The molecular weight excluding hydrogens is 370 g/mol. The molecule has 0 atom stereocenters. The molecule has 0 amide bonds. The van der Waals surface area contributed by atoms with Gasteiger partial charge >= 0.3 is 0 Å². The average Bonchev–Trinajstić information content (AvgIpc) is 2.55. The summed E-state index contributed by atoms with van der Waals surface area (Å²) in [6.07, 6.45) is 0. The van der Waals surface area contributed by atoms with Crippen molar-refractivity contribution in [3.63, 3.8) is 0 Å². The van der Waals surface area contributed by atoms with Crippen molar-refractivity contribution in [1.29, 1.82) is 0 Å². The van der Waals surface area contributed by atoms with Gasteiger partial charge in [0.2, 0.25) is 5.43 Å². The predicted octanol–water partition coefficient (Wildman–Crippen LogP) is 5.44. The Morgan fingerprint density at radius 2 is 1.87 bits per heavy atom. The Morgan fingerprint density at radius 3 is 2.57 bits per heavy atom. The van der Waals surface area contributed by atoms with Gasteiger partial charge in [0.25, 0.3) is 0 Å². The largest absolute Gasteiger partial charge is 0.361 e. The van der Waals surface area contributed by atoms with E-state index in [0.717, 1.165) is 26.8 Å². The molecule has 2 aromatic carbocycles. The van der Waals surface area contributed by atoms with E-state index in [1.54, 1.807) is 11.3 Å². The van der Waals surface area contributed by atoms with Crippen LogP contribution in [0.5, 0.6) is 0 Å². The maximum atomic E-state index is 13.0. The molecule has 3 rings (SSSR count). The van der Waals surface area contributed by atoms with Crippen molar-refractivity contribution in [3.05, 3.63) is 74.2 Å². The average molecular weight is 388 g/mol. The molecule has 0 bridgehead atoms. The molecule has 0 unspecified atom stereocenters. The summed E-state index contributed by atoms with van der Waals surface area (Å²) < 4.78 is 1.95. The van der Waals surface area contributed by atoms with Crippen LogP contribution in [-0.2, 0) is 6.54 Å². The van der Waals surface area contributed by atoms with Gasteiger partial charge in [-0.3, -0.25) is 4.79 Å². The van der Waals surface area contributed by atoms with E-state index < -0.39 is 0 Å². The fraction of sp³-hybridized carbons (Fsp3) is 0.211. The van der Waals surface area contributed by atoms with Crippen LogP contribution in [0, 0.1) is 0 Å². The maximum Gasteiger partial charge on any atom is 0.211 e. The molecule has 0 N–H and O–H groups in total. The van der Waals surface area contributed by atoms with Crippen molar-refractivity contribution < 1.29 is 0 Å². The summed E-state index contributed by atoms with van der Waals surface area (Å²) in [6, 6.07) is 16.4. The number of halogens is 1. The summed E-state index contributed by atoms with van der Waals surface area (Å²) >= 11 is 5.08. The van der Waals surface area contributed by atoms with Crippen molar-refractivity contribution in [2.24, 2.45) is 0 Å². The third kappa shape index (κ3) is 3.48. The van der Waals surface area contributed by atoms with Gasteiger partial charge in [0.1, 0.15) is 0 Å². The third-order valence-electron chi connectivity index (χ3n) is 3.84. The monoisotopic (exact) mass is 387 g/mol. The van der Waals surface area contributed by atoms with E-state index in [4.69, 9.17) is 0 Å². The minimum Gasteiger partial charge on any atom is -0.361 e. The SMILES string of the molecule is CC(C)N(Cc1ccccc1)c1csc2ccc(Br)cc2c1=O. The number of nitrogens with zero attached hydrogens (tertiary/aromatic N) is 1. The van der Waals surface area contributed by atoms with Crippen molar-refractivity contribution in [3.8, 4) is 0 Å². The van der Waals surface area contributed by atoms with E-state index in [1.807, 2.05) is 41.8 Å². The molecule has 1 heterocycles. The number of hydrogen-bond acceptors (Lipinski definition) is 3. The van der Waals surface area contributed by atoms with Crippen LogP contribution in [0.2, 0.25) is 0 Å². The highest BCUT2D eigenvalue weighted by molar-refractivity contribution is 9.10. The van der Waals surface area contributed by atoms with Gasteiger partial charge in [-0.05, 0) is 37.6 Å². The van der Waals surface area contributed by atoms with E-state index in [-0.39, 0.29) is 11.5 Å². The molecule has 2 nitrogen and oxygen atoms in total. The molecule has 23 heavy (non-hydrogen) atoms. The van der Waals surface area contributed by atoms with Crippen LogP contribution in [0.3, 0.4) is 0 Å². The molecule has 4 heteroatoms. The lowest BCUT2D eigenvalue weighted by Crippen LogP contribution is -2.33. The smallest absolute Gasteiger partial charge is 0.211 e. The molecule has 0 aliphatic heterocycles. The number of hydrogen-bond donors (Lipinski definition) is 0. The Labute approximate surface area is 148 Å². The Balaban J connectivity index is 2.08. The standard InChI is InChI=1S/C19H18BrNOS/c1-13(2)21(11-14-6-4-3-5-7-14)17-12-23-18-9-8-15(20)10-16(18)19(17)22/h3-10,12-13H,11H2,1-2H3. The van der Waals surface area contributed by atoms with Crippen molar-refractivity contribution in [2.75, 3.05) is 4.90 Å². The Morgan fingerprint density at radius 1 is 1.13 bits per heavy atom. The molecular formula is C19H18BrNOS. The first-order valence-electron chi connectivity index (χ1n) is 7.58. The molecule has 0 spiro atoms. The van der Waals surface area contributed by atoms with Crippen LogP contribution < -0.4 is 10.3 Å².